The largest absolute Gasteiger partial charge is 0.359 e. The smallest absolute Gasteiger partial charge is 0.123 e. The Kier molecular flexibility index (Phi) is 5.38. The van der Waals surface area contributed by atoms with Gasteiger partial charge in [-0.2, -0.15) is 0 Å². The van der Waals surface area contributed by atoms with E-state index in [0.717, 1.165) is 6.42 Å². The van der Waals surface area contributed by atoms with E-state index in [0.29, 0.717) is 0 Å². The minimum absolute atomic E-state index is 0.0675. The Bertz CT molecular complexity index is 214. The zero-order chi connectivity index (χ0) is 12.1. The minimum Gasteiger partial charge on any atom is -0.359 e. The van der Waals surface area contributed by atoms with Gasteiger partial charge in [-0.1, -0.05) is 39.5 Å². The molecule has 0 radical (unpaired) electrons. The van der Waals surface area contributed by atoms with Gasteiger partial charge in [-0.3, -0.25) is 0 Å². The number of rotatable bonds is 5. The lowest BCUT2D eigenvalue weighted by Crippen LogP contribution is -2.37. The average molecular weight is 210 g/mol. The third-order valence-electron chi connectivity index (χ3n) is 2.51. The lowest BCUT2D eigenvalue weighted by Gasteiger charge is -2.35. The third kappa shape index (κ3) is 5.85. The van der Waals surface area contributed by atoms with Gasteiger partial charge >= 0.3 is 0 Å². The third-order valence-corrected chi connectivity index (χ3v) is 2.51. The molecular weight excluding hydrogens is 184 g/mol. The maximum absolute atomic E-state index is 5.91. The lowest BCUT2D eigenvalue weighted by molar-refractivity contribution is -0.0826. The van der Waals surface area contributed by atoms with Crippen LogP contribution in [0.2, 0.25) is 0 Å². The van der Waals surface area contributed by atoms with E-state index in [2.05, 4.69) is 26.7 Å². The molecule has 0 aliphatic carbocycles. The van der Waals surface area contributed by atoms with Crippen LogP contribution >= 0.6 is 0 Å². The molecule has 0 heterocycles. The first-order chi connectivity index (χ1) is 6.73. The molecule has 0 aromatic carbocycles. The molecule has 0 amide bonds. The first-order valence-corrected chi connectivity index (χ1v) is 5.87. The van der Waals surface area contributed by atoms with E-state index < -0.39 is 0 Å². The maximum atomic E-state index is 5.91. The first-order valence-electron chi connectivity index (χ1n) is 5.87. The molecule has 0 N–H and O–H groups in total. The predicted octanol–water partition coefficient (Wildman–Crippen LogP) is 4.02. The standard InChI is InChI=1S/C14H26O/c1-8-10-11-14(6,7)12(9-2)15-13(3,4)5/h2,12H,8,10-11H2,1,3-7H3. The van der Waals surface area contributed by atoms with Gasteiger partial charge in [0, 0.05) is 5.41 Å². The van der Waals surface area contributed by atoms with E-state index in [1.165, 1.54) is 12.8 Å². The Morgan fingerprint density at radius 2 is 1.73 bits per heavy atom. The van der Waals surface area contributed by atoms with Crippen molar-refractivity contribution in [2.24, 2.45) is 5.41 Å². The van der Waals surface area contributed by atoms with Crippen LogP contribution in [0.3, 0.4) is 0 Å². The molecule has 0 aliphatic heterocycles. The van der Waals surface area contributed by atoms with Crippen molar-refractivity contribution in [3.05, 3.63) is 0 Å². The highest BCUT2D eigenvalue weighted by Crippen LogP contribution is 2.31. The molecule has 0 fully saturated rings. The highest BCUT2D eigenvalue weighted by atomic mass is 16.5. The van der Waals surface area contributed by atoms with E-state index in [9.17, 15) is 0 Å². The van der Waals surface area contributed by atoms with Crippen molar-refractivity contribution in [2.75, 3.05) is 0 Å². The number of hydrogen-bond acceptors (Lipinski definition) is 1. The van der Waals surface area contributed by atoms with Crippen LogP contribution in [0.1, 0.15) is 60.8 Å². The molecule has 1 unspecified atom stereocenters. The van der Waals surface area contributed by atoms with Gasteiger partial charge in [0.05, 0.1) is 5.60 Å². The Labute approximate surface area is 95.6 Å². The molecule has 1 heteroatoms. The Hall–Kier alpha value is -0.480. The zero-order valence-electron chi connectivity index (χ0n) is 11.2. The SMILES string of the molecule is C#CC(OC(C)(C)C)C(C)(C)CCCC. The van der Waals surface area contributed by atoms with Gasteiger partial charge in [0.15, 0.2) is 0 Å². The monoisotopic (exact) mass is 210 g/mol. The van der Waals surface area contributed by atoms with Gasteiger partial charge in [-0.05, 0) is 27.2 Å². The number of unbranched alkanes of at least 4 members (excludes halogenated alkanes) is 1. The van der Waals surface area contributed by atoms with E-state index in [-0.39, 0.29) is 17.1 Å². The van der Waals surface area contributed by atoms with Gasteiger partial charge in [0.2, 0.25) is 0 Å². The Morgan fingerprint density at radius 1 is 1.20 bits per heavy atom. The lowest BCUT2D eigenvalue weighted by atomic mass is 9.81. The molecule has 0 saturated heterocycles. The summed E-state index contributed by atoms with van der Waals surface area (Å²) in [5, 5.41) is 0. The van der Waals surface area contributed by atoms with Crippen LogP contribution in [0.4, 0.5) is 0 Å². The fourth-order valence-electron chi connectivity index (χ4n) is 1.54. The van der Waals surface area contributed by atoms with E-state index >= 15 is 0 Å². The van der Waals surface area contributed by atoms with Crippen LogP contribution in [0.5, 0.6) is 0 Å². The van der Waals surface area contributed by atoms with Crippen LogP contribution in [0.25, 0.3) is 0 Å². The van der Waals surface area contributed by atoms with Crippen molar-refractivity contribution in [3.63, 3.8) is 0 Å². The molecule has 0 aromatic heterocycles. The van der Waals surface area contributed by atoms with Crippen LogP contribution in [-0.2, 0) is 4.74 Å². The molecule has 0 rings (SSSR count). The second-order valence-corrected chi connectivity index (χ2v) is 5.87. The maximum Gasteiger partial charge on any atom is 0.123 e. The molecule has 88 valence electrons. The molecule has 1 nitrogen and oxygen atoms in total. The minimum atomic E-state index is -0.166. The molecule has 0 aromatic rings. The summed E-state index contributed by atoms with van der Waals surface area (Å²) in [5.41, 5.74) is -0.0986. The Balaban J connectivity index is 4.46. The zero-order valence-corrected chi connectivity index (χ0v) is 11.2. The van der Waals surface area contributed by atoms with Crippen molar-refractivity contribution in [3.8, 4) is 12.3 Å². The molecule has 0 aliphatic rings. The molecular formula is C14H26O. The summed E-state index contributed by atoms with van der Waals surface area (Å²) in [7, 11) is 0. The van der Waals surface area contributed by atoms with Gasteiger partial charge < -0.3 is 4.74 Å². The van der Waals surface area contributed by atoms with Crippen molar-refractivity contribution < 1.29 is 4.74 Å². The Morgan fingerprint density at radius 3 is 2.07 bits per heavy atom. The van der Waals surface area contributed by atoms with Crippen molar-refractivity contribution in [2.45, 2.75) is 72.5 Å². The molecule has 0 saturated carbocycles. The van der Waals surface area contributed by atoms with Gasteiger partial charge in [-0.25, -0.2) is 0 Å². The van der Waals surface area contributed by atoms with E-state index in [1.807, 2.05) is 20.8 Å². The van der Waals surface area contributed by atoms with Crippen molar-refractivity contribution >= 4 is 0 Å². The number of terminal acetylenes is 1. The second kappa shape index (κ2) is 5.56. The summed E-state index contributed by atoms with van der Waals surface area (Å²) >= 11 is 0. The normalized spacial score (nSPS) is 14.7. The van der Waals surface area contributed by atoms with Crippen LogP contribution in [-0.4, -0.2) is 11.7 Å². The van der Waals surface area contributed by atoms with Gasteiger partial charge in [0.1, 0.15) is 6.10 Å². The van der Waals surface area contributed by atoms with Gasteiger partial charge in [-0.15, -0.1) is 6.42 Å². The first kappa shape index (κ1) is 14.5. The summed E-state index contributed by atoms with van der Waals surface area (Å²) in [6.45, 7) is 12.7. The van der Waals surface area contributed by atoms with Crippen molar-refractivity contribution in [1.29, 1.82) is 0 Å². The fourth-order valence-corrected chi connectivity index (χ4v) is 1.54. The highest BCUT2D eigenvalue weighted by Gasteiger charge is 2.31. The summed E-state index contributed by atoms with van der Waals surface area (Å²) in [6, 6.07) is 0. The molecule has 0 spiro atoms. The van der Waals surface area contributed by atoms with Crippen LogP contribution in [0, 0.1) is 17.8 Å². The highest BCUT2D eigenvalue weighted by molar-refractivity contribution is 5.03. The number of ether oxygens (including phenoxy) is 1. The average Bonchev–Trinajstić information content (AvgIpc) is 2.09. The topological polar surface area (TPSA) is 9.23 Å². The van der Waals surface area contributed by atoms with Crippen molar-refractivity contribution in [1.82, 2.24) is 0 Å². The molecule has 0 bridgehead atoms. The summed E-state index contributed by atoms with van der Waals surface area (Å²) in [5.74, 6) is 2.79. The second-order valence-electron chi connectivity index (χ2n) is 5.87. The molecule has 15 heavy (non-hydrogen) atoms. The summed E-state index contributed by atoms with van der Waals surface area (Å²) < 4.78 is 5.91. The summed E-state index contributed by atoms with van der Waals surface area (Å²) in [6.07, 6.45) is 9.00. The quantitative estimate of drug-likeness (QED) is 0.623. The predicted molar refractivity (Wildman–Crippen MR) is 66.8 cm³/mol. The fraction of sp³-hybridized carbons (Fsp3) is 0.857. The number of hydrogen-bond donors (Lipinski definition) is 0. The van der Waals surface area contributed by atoms with Gasteiger partial charge in [0.25, 0.3) is 0 Å². The van der Waals surface area contributed by atoms with E-state index in [4.69, 9.17) is 11.2 Å². The van der Waals surface area contributed by atoms with Crippen LogP contribution < -0.4 is 0 Å². The van der Waals surface area contributed by atoms with Crippen LogP contribution in [0.15, 0.2) is 0 Å². The molecule has 1 atom stereocenters. The van der Waals surface area contributed by atoms with E-state index in [1.54, 1.807) is 0 Å². The summed E-state index contributed by atoms with van der Waals surface area (Å²) in [4.78, 5) is 0.